The Labute approximate surface area is 166 Å². The lowest BCUT2D eigenvalue weighted by Gasteiger charge is -2.34. The van der Waals surface area contributed by atoms with Crippen molar-refractivity contribution in [1.29, 1.82) is 0 Å². The van der Waals surface area contributed by atoms with Crippen molar-refractivity contribution in [2.24, 2.45) is 5.92 Å². The van der Waals surface area contributed by atoms with Crippen molar-refractivity contribution >= 4 is 23.7 Å². The molecule has 2 amide bonds. The van der Waals surface area contributed by atoms with Crippen molar-refractivity contribution in [1.82, 2.24) is 4.90 Å². The van der Waals surface area contributed by atoms with E-state index in [0.29, 0.717) is 30.9 Å². The van der Waals surface area contributed by atoms with Crippen molar-refractivity contribution in [2.75, 3.05) is 43.5 Å². The highest BCUT2D eigenvalue weighted by Crippen LogP contribution is 2.30. The standard InChI is InChI=1S/C22H27N3O3/c1-17(14-18-6-4-3-5-7-18)22(27)23-20-15-19(8-9-21(20)28-2)25-12-10-24(16-26)11-13-25/h3-9,15-17H,10-14H2,1-2H3,(H,23,27). The second kappa shape index (κ2) is 9.26. The number of piperazine rings is 1. The summed E-state index contributed by atoms with van der Waals surface area (Å²) in [5, 5.41) is 3.02. The van der Waals surface area contributed by atoms with Gasteiger partial charge in [-0.15, -0.1) is 0 Å². The number of carbonyl (C=O) groups excluding carboxylic acids is 2. The minimum Gasteiger partial charge on any atom is -0.495 e. The summed E-state index contributed by atoms with van der Waals surface area (Å²) < 4.78 is 5.43. The molecule has 0 aliphatic carbocycles. The molecule has 1 heterocycles. The Morgan fingerprint density at radius 1 is 1.14 bits per heavy atom. The van der Waals surface area contributed by atoms with Crippen molar-refractivity contribution in [2.45, 2.75) is 13.3 Å². The first-order valence-corrected chi connectivity index (χ1v) is 9.58. The Morgan fingerprint density at radius 3 is 2.50 bits per heavy atom. The molecule has 0 aromatic heterocycles. The highest BCUT2D eigenvalue weighted by molar-refractivity contribution is 5.94. The van der Waals surface area contributed by atoms with Crippen LogP contribution in [0.25, 0.3) is 0 Å². The molecule has 1 atom stereocenters. The van der Waals surface area contributed by atoms with Crippen LogP contribution in [0.3, 0.4) is 0 Å². The van der Waals surface area contributed by atoms with E-state index >= 15 is 0 Å². The Morgan fingerprint density at radius 2 is 1.86 bits per heavy atom. The summed E-state index contributed by atoms with van der Waals surface area (Å²) in [5.41, 5.74) is 2.82. The van der Waals surface area contributed by atoms with Crippen LogP contribution in [0, 0.1) is 5.92 Å². The maximum absolute atomic E-state index is 12.7. The molecule has 1 aliphatic heterocycles. The third-order valence-corrected chi connectivity index (χ3v) is 5.10. The zero-order valence-electron chi connectivity index (χ0n) is 16.4. The van der Waals surface area contributed by atoms with Gasteiger partial charge in [-0.05, 0) is 30.2 Å². The van der Waals surface area contributed by atoms with E-state index in [9.17, 15) is 9.59 Å². The fourth-order valence-electron chi connectivity index (χ4n) is 3.39. The van der Waals surface area contributed by atoms with Gasteiger partial charge in [0.05, 0.1) is 12.8 Å². The molecule has 28 heavy (non-hydrogen) atoms. The van der Waals surface area contributed by atoms with Crippen molar-refractivity contribution in [3.8, 4) is 5.75 Å². The Hall–Kier alpha value is -3.02. The molecule has 1 saturated heterocycles. The molecule has 1 fully saturated rings. The largest absolute Gasteiger partial charge is 0.495 e. The minimum absolute atomic E-state index is 0.0370. The van der Waals surface area contributed by atoms with Gasteiger partial charge in [-0.2, -0.15) is 0 Å². The minimum atomic E-state index is -0.160. The number of carbonyl (C=O) groups is 2. The number of anilines is 2. The molecule has 2 aromatic rings. The smallest absolute Gasteiger partial charge is 0.227 e. The first-order valence-electron chi connectivity index (χ1n) is 9.58. The molecule has 148 valence electrons. The molecule has 1 unspecified atom stereocenters. The first-order chi connectivity index (χ1) is 13.6. The highest BCUT2D eigenvalue weighted by Gasteiger charge is 2.19. The molecule has 6 heteroatoms. The predicted molar refractivity (Wildman–Crippen MR) is 111 cm³/mol. The maximum Gasteiger partial charge on any atom is 0.227 e. The lowest BCUT2D eigenvalue weighted by atomic mass is 10.0. The normalized spacial score (nSPS) is 15.1. The van der Waals surface area contributed by atoms with Crippen LogP contribution >= 0.6 is 0 Å². The second-order valence-corrected chi connectivity index (χ2v) is 7.09. The monoisotopic (exact) mass is 381 g/mol. The molecule has 6 nitrogen and oxygen atoms in total. The average molecular weight is 381 g/mol. The number of amides is 2. The van der Waals surface area contributed by atoms with Gasteiger partial charge in [-0.1, -0.05) is 37.3 Å². The van der Waals surface area contributed by atoms with Gasteiger partial charge < -0.3 is 19.9 Å². The molecule has 1 N–H and O–H groups in total. The zero-order chi connectivity index (χ0) is 19.9. The zero-order valence-corrected chi connectivity index (χ0v) is 16.4. The van der Waals surface area contributed by atoms with E-state index in [-0.39, 0.29) is 11.8 Å². The fraction of sp³-hybridized carbons (Fsp3) is 0.364. The number of hydrogen-bond donors (Lipinski definition) is 1. The number of hydrogen-bond acceptors (Lipinski definition) is 4. The van der Waals surface area contributed by atoms with Crippen LogP contribution in [0.2, 0.25) is 0 Å². The third-order valence-electron chi connectivity index (χ3n) is 5.10. The number of methoxy groups -OCH3 is 1. The van der Waals surface area contributed by atoms with Crippen LogP contribution < -0.4 is 15.0 Å². The van der Waals surface area contributed by atoms with E-state index in [1.807, 2.05) is 55.5 Å². The summed E-state index contributed by atoms with van der Waals surface area (Å²) >= 11 is 0. The maximum atomic E-state index is 12.7. The molecular formula is C22H27N3O3. The van der Waals surface area contributed by atoms with E-state index in [2.05, 4.69) is 10.2 Å². The van der Waals surface area contributed by atoms with Crippen LogP contribution in [0.1, 0.15) is 12.5 Å². The Bertz CT molecular complexity index is 802. The van der Waals surface area contributed by atoms with Gasteiger partial charge in [0.1, 0.15) is 5.75 Å². The number of nitrogens with zero attached hydrogens (tertiary/aromatic N) is 2. The first kappa shape index (κ1) is 19.7. The molecule has 1 aliphatic rings. The van der Waals surface area contributed by atoms with Crippen LogP contribution in [-0.4, -0.2) is 50.5 Å². The molecule has 0 spiro atoms. The molecule has 0 radical (unpaired) electrons. The predicted octanol–water partition coefficient (Wildman–Crippen LogP) is 2.79. The number of nitrogens with one attached hydrogen (secondary N) is 1. The molecule has 2 aromatic carbocycles. The van der Waals surface area contributed by atoms with Gasteiger partial charge in [0.15, 0.2) is 0 Å². The van der Waals surface area contributed by atoms with Crippen molar-refractivity contribution < 1.29 is 14.3 Å². The number of rotatable bonds is 7. The van der Waals surface area contributed by atoms with E-state index in [4.69, 9.17) is 4.74 Å². The summed E-state index contributed by atoms with van der Waals surface area (Å²) in [7, 11) is 1.60. The third kappa shape index (κ3) is 4.82. The van der Waals surface area contributed by atoms with Gasteiger partial charge >= 0.3 is 0 Å². The van der Waals surface area contributed by atoms with Gasteiger partial charge in [0.2, 0.25) is 12.3 Å². The van der Waals surface area contributed by atoms with E-state index < -0.39 is 0 Å². The summed E-state index contributed by atoms with van der Waals surface area (Å²) in [5.74, 6) is 0.438. The van der Waals surface area contributed by atoms with Crippen LogP contribution in [0.5, 0.6) is 5.75 Å². The summed E-state index contributed by atoms with van der Waals surface area (Å²) in [6.07, 6.45) is 1.58. The van der Waals surface area contributed by atoms with Crippen LogP contribution in [0.15, 0.2) is 48.5 Å². The fourth-order valence-corrected chi connectivity index (χ4v) is 3.39. The van der Waals surface area contributed by atoms with E-state index in [1.54, 1.807) is 12.0 Å². The SMILES string of the molecule is COc1ccc(N2CCN(C=O)CC2)cc1NC(=O)C(C)Cc1ccccc1. The topological polar surface area (TPSA) is 61.9 Å². The van der Waals surface area contributed by atoms with Gasteiger partial charge in [-0.25, -0.2) is 0 Å². The quantitative estimate of drug-likeness (QED) is 0.749. The number of ether oxygens (including phenoxy) is 1. The van der Waals surface area contributed by atoms with Crippen molar-refractivity contribution in [3.05, 3.63) is 54.1 Å². The summed E-state index contributed by atoms with van der Waals surface area (Å²) in [6.45, 7) is 4.86. The van der Waals surface area contributed by atoms with Crippen LogP contribution in [0.4, 0.5) is 11.4 Å². The lowest BCUT2D eigenvalue weighted by molar-refractivity contribution is -0.119. The number of benzene rings is 2. The molecule has 0 bridgehead atoms. The molecule has 0 saturated carbocycles. The summed E-state index contributed by atoms with van der Waals surface area (Å²) in [6, 6.07) is 15.8. The Balaban J connectivity index is 1.69. The van der Waals surface area contributed by atoms with Crippen LogP contribution in [-0.2, 0) is 16.0 Å². The van der Waals surface area contributed by atoms with E-state index in [0.717, 1.165) is 30.8 Å². The second-order valence-electron chi connectivity index (χ2n) is 7.09. The Kier molecular flexibility index (Phi) is 6.53. The average Bonchev–Trinajstić information content (AvgIpc) is 2.74. The van der Waals surface area contributed by atoms with Gasteiger partial charge in [0.25, 0.3) is 0 Å². The van der Waals surface area contributed by atoms with Gasteiger partial charge in [-0.3, -0.25) is 9.59 Å². The van der Waals surface area contributed by atoms with E-state index in [1.165, 1.54) is 0 Å². The lowest BCUT2D eigenvalue weighted by Crippen LogP contribution is -2.45. The van der Waals surface area contributed by atoms with Crippen molar-refractivity contribution in [3.63, 3.8) is 0 Å². The molecular weight excluding hydrogens is 354 g/mol. The molecule has 3 rings (SSSR count). The van der Waals surface area contributed by atoms with Gasteiger partial charge in [0, 0.05) is 37.8 Å². The summed E-state index contributed by atoms with van der Waals surface area (Å²) in [4.78, 5) is 27.6. The highest BCUT2D eigenvalue weighted by atomic mass is 16.5.